The third-order valence-corrected chi connectivity index (χ3v) is 17.4. The first-order valence-electron chi connectivity index (χ1n) is 36.8. The monoisotopic (exact) mass is 1460 g/mol. The summed E-state index contributed by atoms with van der Waals surface area (Å²) in [5, 5.41) is 15.5. The average molecular weight is 1460 g/mol. The number of carboxylic acids is 1. The van der Waals surface area contributed by atoms with Gasteiger partial charge in [-0.15, -0.1) is 0 Å². The number of rotatable bonds is 56. The first-order valence-corrected chi connectivity index (χ1v) is 40.5. The molecule has 0 aliphatic rings. The lowest BCUT2D eigenvalue weighted by Crippen LogP contribution is -2.78. The number of carbonyl (C=O) groups is 1. The van der Waals surface area contributed by atoms with Gasteiger partial charge in [0.25, 0.3) is 7.82 Å². The predicted octanol–water partition coefficient (Wildman–Crippen LogP) is 14.6. The normalized spacial score (nSPS) is 12.9. The van der Waals surface area contributed by atoms with Crippen molar-refractivity contribution in [1.82, 2.24) is 0 Å². The molecule has 0 saturated carbocycles. The summed E-state index contributed by atoms with van der Waals surface area (Å²) in [4.78, 5) is 57.8. The van der Waals surface area contributed by atoms with Crippen LogP contribution in [0.4, 0.5) is 11.4 Å². The Hall–Kier alpha value is -4.58. The van der Waals surface area contributed by atoms with Gasteiger partial charge in [0, 0.05) is 34.5 Å². The molecule has 0 bridgehead atoms. The number of nitrogens with zero attached hydrogens (tertiary/aromatic N) is 4. The maximum Gasteiger partial charge on any atom is 0.472 e. The van der Waals surface area contributed by atoms with Gasteiger partial charge in [0.15, 0.2) is 0 Å². The van der Waals surface area contributed by atoms with E-state index in [1.54, 1.807) is 48.5 Å². The van der Waals surface area contributed by atoms with Crippen molar-refractivity contribution in [2.75, 3.05) is 50.1 Å². The zero-order valence-corrected chi connectivity index (χ0v) is 63.6. The highest BCUT2D eigenvalue weighted by Crippen LogP contribution is 2.43. The van der Waals surface area contributed by atoms with Crippen LogP contribution in [-0.2, 0) is 27.5 Å². The average Bonchev–Trinajstić information content (AvgIpc) is 1.17. The molecular weight excluding hydrogens is 1330 g/mol. The number of benzene rings is 2. The molecule has 2 aromatic carbocycles. The number of hydrogen-bond donors (Lipinski definition) is 13. The number of nitrogens with two attached hydrogens (primary N) is 7. The molecule has 2 aromatic rings. The lowest BCUT2D eigenvalue weighted by molar-refractivity contribution is -0.459. The van der Waals surface area contributed by atoms with E-state index in [9.17, 15) is 23.7 Å². The fourth-order valence-electron chi connectivity index (χ4n) is 9.78. The molecule has 28 heteroatoms. The first-order chi connectivity index (χ1) is 47.0. The number of hydrogen-bond acceptors (Lipinski definition) is 10. The van der Waals surface area contributed by atoms with Gasteiger partial charge in [0.1, 0.15) is 6.04 Å². The van der Waals surface area contributed by atoms with Gasteiger partial charge in [-0.3, -0.25) is 44.9 Å². The second-order valence-corrected chi connectivity index (χ2v) is 28.2. The molecule has 20 N–H and O–H groups in total. The molecular formula is C70H134Cl2N14O10P2. The Bertz CT molecular complexity index is 2330. The molecule has 0 aromatic heterocycles. The van der Waals surface area contributed by atoms with Gasteiger partial charge in [-0.25, -0.2) is 4.57 Å². The van der Waals surface area contributed by atoms with Gasteiger partial charge >= 0.3 is 19.8 Å². The van der Waals surface area contributed by atoms with E-state index in [1.807, 2.05) is 0 Å². The van der Waals surface area contributed by atoms with Crippen LogP contribution in [0.25, 0.3) is 0 Å². The number of anilines is 2. The number of aliphatic imine (C=N–C) groups is 4. The number of guanidine groups is 5. The van der Waals surface area contributed by atoms with Crippen LogP contribution in [0.3, 0.4) is 0 Å². The molecule has 0 aliphatic heterocycles. The highest BCUT2D eigenvalue weighted by Gasteiger charge is 2.20. The third kappa shape index (κ3) is 72.7. The molecule has 0 spiro atoms. The lowest BCUT2D eigenvalue weighted by atomic mass is 10.1. The number of aliphatic carboxylic acids is 1. The summed E-state index contributed by atoms with van der Waals surface area (Å²) in [7, 11) is -8.36. The van der Waals surface area contributed by atoms with Crippen molar-refractivity contribution in [3.63, 3.8) is 0 Å². The Labute approximate surface area is 600 Å². The molecule has 0 heterocycles. The number of unbranched alkanes of at least 4 members (excludes halogenated alkanes) is 36. The van der Waals surface area contributed by atoms with Crippen LogP contribution in [0.15, 0.2) is 68.5 Å². The minimum absolute atomic E-state index is 0.106. The maximum absolute atomic E-state index is 11.9. The number of halogens is 2. The zero-order valence-electron chi connectivity index (χ0n) is 60.3. The largest absolute Gasteiger partial charge is 0.756 e. The van der Waals surface area contributed by atoms with Gasteiger partial charge in [-0.1, -0.05) is 269 Å². The summed E-state index contributed by atoms with van der Waals surface area (Å²) in [6.07, 6.45) is 50.0. The minimum atomic E-state index is -4.50. The van der Waals surface area contributed by atoms with Crippen LogP contribution < -0.4 is 60.7 Å². The second kappa shape index (κ2) is 68.2. The number of phosphoric acid groups is 2. The first kappa shape index (κ1) is 95.5. The summed E-state index contributed by atoms with van der Waals surface area (Å²) in [5.41, 5.74) is 40.2. The van der Waals surface area contributed by atoms with Crippen molar-refractivity contribution in [2.24, 2.45) is 60.1 Å². The summed E-state index contributed by atoms with van der Waals surface area (Å²) in [6, 6.07) is 13.3. The van der Waals surface area contributed by atoms with Crippen molar-refractivity contribution in [2.45, 2.75) is 296 Å². The van der Waals surface area contributed by atoms with Gasteiger partial charge in [0.2, 0.25) is 23.8 Å². The molecule has 568 valence electrons. The van der Waals surface area contributed by atoms with E-state index in [2.05, 4.69) is 60.9 Å². The van der Waals surface area contributed by atoms with Crippen LogP contribution in [0.2, 0.25) is 10.0 Å². The van der Waals surface area contributed by atoms with Crippen molar-refractivity contribution in [3.05, 3.63) is 58.6 Å². The fraction of sp³-hybridized carbons (Fsp3) is 0.743. The lowest BCUT2D eigenvalue weighted by Gasteiger charge is -2.14. The second-order valence-electron chi connectivity index (χ2n) is 24.7. The van der Waals surface area contributed by atoms with Gasteiger partial charge < -0.3 is 63.6 Å². The standard InChI is InChI=1S/C28H59O4P.C22H30Cl2N10.C14H31O4P.C6H14N4O2/c1-3-5-7-9-11-13-15-17-19-21-23-25-27-31-33(29,30)32-28-26-24-22-20-18-16-14-12-10-8-6-4-2;23-15-5-9-17(10-6-15)31-21(27)33-19(25)29-13-3-1-2-4-14-30-20(26)34-22(28)32-18-11-7-16(24)8-12-18;1-2-3-4-5-6-7-8-9-10-11-12-13-14-18-19(15,16)17;7-4(5(11)12)2-1-3-10-6(8)9/h3-28H2,1-2H3,(H,29,30);5-12H,1-4,13-14H2,(H5,25,27,29,31,33)(H5,26,28,30,32,34);2-14H2,1H3,(H2,15,16,17);4H,1-3,7H2,(H,11,12)(H4,8,9,10)/t;;;4-/m...0/s1. The SMILES string of the molecule is CCCCCCCCCCCCCCOP(=O)(O)OCCCCCCCCCCCCCC.CCCCCCCCCCCCCCOP(=O)([O-])O.NC(=NCCCCCCN=C(N)/N=C(\N)Nc1ccc(Cl)cc1)/N=C(\N)Nc1ccc(Cl)cc1.NC(N)=[NH+]CCC[C@H](N)C(=O)O. The predicted molar refractivity (Wildman–Crippen MR) is 410 cm³/mol. The van der Waals surface area contributed by atoms with E-state index in [0.717, 1.165) is 75.6 Å². The summed E-state index contributed by atoms with van der Waals surface area (Å²) in [5.74, 6) is -0.284. The molecule has 0 amide bonds. The van der Waals surface area contributed by atoms with Gasteiger partial charge in [-0.2, -0.15) is 9.98 Å². The molecule has 2 atom stereocenters. The van der Waals surface area contributed by atoms with Crippen molar-refractivity contribution in [3.8, 4) is 0 Å². The van der Waals surface area contributed by atoms with Crippen LogP contribution >= 0.6 is 38.8 Å². The number of nitrogens with one attached hydrogen (secondary N) is 3. The number of phosphoric ester groups is 2. The minimum Gasteiger partial charge on any atom is -0.756 e. The van der Waals surface area contributed by atoms with Crippen LogP contribution in [-0.4, -0.2) is 96.2 Å². The number of carboxylic acid groups (broad SMARTS) is 1. The Morgan fingerprint density at radius 2 is 0.745 bits per heavy atom. The molecule has 24 nitrogen and oxygen atoms in total. The Kier molecular flexibility index (Phi) is 66.4. The van der Waals surface area contributed by atoms with Gasteiger partial charge in [-0.05, 0) is 93.5 Å². The van der Waals surface area contributed by atoms with E-state index in [0.29, 0.717) is 62.2 Å². The van der Waals surface area contributed by atoms with Crippen molar-refractivity contribution in [1.29, 1.82) is 0 Å². The van der Waals surface area contributed by atoms with Crippen LogP contribution in [0.1, 0.15) is 290 Å². The Morgan fingerprint density at radius 1 is 0.469 bits per heavy atom. The summed E-state index contributed by atoms with van der Waals surface area (Å²) < 4.78 is 36.7. The Morgan fingerprint density at radius 3 is 1.02 bits per heavy atom. The molecule has 98 heavy (non-hydrogen) atoms. The zero-order chi connectivity index (χ0) is 73.0. The third-order valence-electron chi connectivity index (χ3n) is 15.4. The topological polar surface area (TPSA) is 432 Å². The summed E-state index contributed by atoms with van der Waals surface area (Å²) >= 11 is 11.7. The fourth-order valence-corrected chi connectivity index (χ4v) is 11.2. The quantitative estimate of drug-likeness (QED) is 0.0127. The molecule has 0 fully saturated rings. The highest BCUT2D eigenvalue weighted by molar-refractivity contribution is 7.47. The van der Waals surface area contributed by atoms with E-state index < -0.39 is 27.7 Å². The molecule has 0 radical (unpaired) electrons. The van der Waals surface area contributed by atoms with Crippen LogP contribution in [0.5, 0.6) is 0 Å². The van der Waals surface area contributed by atoms with Gasteiger partial charge in [0.05, 0.1) is 26.4 Å². The molecule has 1 unspecified atom stereocenters. The molecule has 0 aliphatic carbocycles. The maximum atomic E-state index is 11.9. The Balaban J connectivity index is 0. The van der Waals surface area contributed by atoms with Crippen LogP contribution in [0, 0.1) is 0 Å². The molecule has 2 rings (SSSR count). The molecule has 0 saturated heterocycles. The van der Waals surface area contributed by atoms with E-state index in [1.165, 1.54) is 186 Å². The van der Waals surface area contributed by atoms with Crippen molar-refractivity contribution >= 4 is 86.0 Å². The van der Waals surface area contributed by atoms with E-state index >= 15 is 0 Å². The highest BCUT2D eigenvalue weighted by atomic mass is 35.5. The van der Waals surface area contributed by atoms with E-state index in [4.69, 9.17) is 82.4 Å². The summed E-state index contributed by atoms with van der Waals surface area (Å²) in [6.45, 7) is 9.18. The smallest absolute Gasteiger partial charge is 0.472 e. The van der Waals surface area contributed by atoms with Crippen molar-refractivity contribution < 1.29 is 52.3 Å². The van der Waals surface area contributed by atoms with E-state index in [-0.39, 0.29) is 36.4 Å².